The Morgan fingerprint density at radius 1 is 0.818 bits per heavy atom. The number of hydrogen-bond acceptors (Lipinski definition) is 3. The number of nitrogens with one attached hydrogen (secondary N) is 1. The van der Waals surface area contributed by atoms with Crippen molar-refractivity contribution in [3.05, 3.63) is 0 Å². The first-order valence-electron chi connectivity index (χ1n) is 8.93. The standard InChI is InChI=1S/C18H35NO2S/c1-15(2)17(20)13-11-9-7-5-4-6-8-10-12-14-19-18(21)16(3)22/h15-16,22H,4-14H2,1-3H3,(H,19,21). The van der Waals surface area contributed by atoms with Gasteiger partial charge in [0.25, 0.3) is 0 Å². The van der Waals surface area contributed by atoms with E-state index < -0.39 is 0 Å². The van der Waals surface area contributed by atoms with E-state index in [4.69, 9.17) is 0 Å². The molecule has 0 saturated carbocycles. The van der Waals surface area contributed by atoms with Crippen molar-refractivity contribution in [1.82, 2.24) is 5.32 Å². The van der Waals surface area contributed by atoms with Gasteiger partial charge in [0.15, 0.2) is 0 Å². The molecular formula is C18H35NO2S. The van der Waals surface area contributed by atoms with Crippen molar-refractivity contribution in [2.75, 3.05) is 6.54 Å². The fraction of sp³-hybridized carbons (Fsp3) is 0.889. The zero-order valence-corrected chi connectivity index (χ0v) is 15.6. The van der Waals surface area contributed by atoms with Crippen molar-refractivity contribution >= 4 is 24.3 Å². The molecule has 0 heterocycles. The molecule has 1 unspecified atom stereocenters. The monoisotopic (exact) mass is 329 g/mol. The molecule has 3 nitrogen and oxygen atoms in total. The van der Waals surface area contributed by atoms with E-state index in [1.165, 1.54) is 44.9 Å². The van der Waals surface area contributed by atoms with Crippen LogP contribution in [0.15, 0.2) is 0 Å². The summed E-state index contributed by atoms with van der Waals surface area (Å²) in [5, 5.41) is 2.67. The highest BCUT2D eigenvalue weighted by atomic mass is 32.1. The van der Waals surface area contributed by atoms with Crippen LogP contribution < -0.4 is 5.32 Å². The highest BCUT2D eigenvalue weighted by Gasteiger charge is 2.06. The lowest BCUT2D eigenvalue weighted by molar-refractivity contribution is -0.122. The molecule has 0 saturated heterocycles. The summed E-state index contributed by atoms with van der Waals surface area (Å²) in [5.41, 5.74) is 0. The Morgan fingerprint density at radius 2 is 1.27 bits per heavy atom. The van der Waals surface area contributed by atoms with E-state index in [0.29, 0.717) is 5.78 Å². The van der Waals surface area contributed by atoms with Gasteiger partial charge in [-0.25, -0.2) is 0 Å². The van der Waals surface area contributed by atoms with Crippen LogP contribution in [0, 0.1) is 5.92 Å². The van der Waals surface area contributed by atoms with Gasteiger partial charge in [-0.05, 0) is 19.8 Å². The number of carbonyl (C=O) groups is 2. The smallest absolute Gasteiger partial charge is 0.232 e. The third-order valence-electron chi connectivity index (χ3n) is 3.92. The summed E-state index contributed by atoms with van der Waals surface area (Å²) >= 11 is 4.09. The van der Waals surface area contributed by atoms with E-state index in [2.05, 4.69) is 17.9 Å². The Hall–Kier alpha value is -0.510. The minimum Gasteiger partial charge on any atom is -0.355 e. The highest BCUT2D eigenvalue weighted by molar-refractivity contribution is 7.81. The molecule has 0 aromatic carbocycles. The van der Waals surface area contributed by atoms with Gasteiger partial charge in [-0.1, -0.05) is 58.8 Å². The molecule has 22 heavy (non-hydrogen) atoms. The maximum Gasteiger partial charge on any atom is 0.232 e. The molecule has 0 bridgehead atoms. The van der Waals surface area contributed by atoms with Gasteiger partial charge in [0, 0.05) is 18.9 Å². The minimum absolute atomic E-state index is 0.0271. The fourth-order valence-corrected chi connectivity index (χ4v) is 2.40. The van der Waals surface area contributed by atoms with Gasteiger partial charge in [0.05, 0.1) is 5.25 Å². The lowest BCUT2D eigenvalue weighted by Gasteiger charge is -2.07. The molecule has 0 aromatic rings. The van der Waals surface area contributed by atoms with Crippen LogP contribution in [0.5, 0.6) is 0 Å². The Balaban J connectivity index is 3.18. The quantitative estimate of drug-likeness (QED) is 0.363. The van der Waals surface area contributed by atoms with Crippen LogP contribution in [0.2, 0.25) is 0 Å². The zero-order valence-electron chi connectivity index (χ0n) is 14.7. The molecule has 4 heteroatoms. The summed E-state index contributed by atoms with van der Waals surface area (Å²) < 4.78 is 0. The second kappa shape index (κ2) is 14.1. The van der Waals surface area contributed by atoms with Crippen LogP contribution in [-0.4, -0.2) is 23.5 Å². The van der Waals surface area contributed by atoms with Crippen molar-refractivity contribution in [2.45, 2.75) is 90.2 Å². The molecule has 0 aliphatic rings. The van der Waals surface area contributed by atoms with Crippen molar-refractivity contribution in [3.8, 4) is 0 Å². The van der Waals surface area contributed by atoms with E-state index in [1.807, 2.05) is 13.8 Å². The molecule has 0 fully saturated rings. The predicted octanol–water partition coefficient (Wildman–Crippen LogP) is 4.55. The Labute approximate surface area is 142 Å². The molecule has 1 N–H and O–H groups in total. The normalized spacial score (nSPS) is 12.4. The Bertz CT molecular complexity index is 273. The number of unbranched alkanes of at least 4 members (excludes halogenated alkanes) is 8. The molecule has 0 aliphatic heterocycles. The Morgan fingerprint density at radius 3 is 1.73 bits per heavy atom. The van der Waals surface area contributed by atoms with E-state index in [9.17, 15) is 9.59 Å². The van der Waals surface area contributed by atoms with Gasteiger partial charge in [-0.3, -0.25) is 9.59 Å². The molecular weight excluding hydrogens is 294 g/mol. The van der Waals surface area contributed by atoms with Crippen molar-refractivity contribution in [3.63, 3.8) is 0 Å². The molecule has 0 aromatic heterocycles. The number of rotatable bonds is 14. The zero-order chi connectivity index (χ0) is 16.8. The lowest BCUT2D eigenvalue weighted by atomic mass is 10.0. The van der Waals surface area contributed by atoms with E-state index >= 15 is 0 Å². The number of Topliss-reactive ketones (excluding diaryl/α,β-unsaturated/α-hetero) is 1. The predicted molar refractivity (Wildman–Crippen MR) is 97.5 cm³/mol. The molecule has 130 valence electrons. The van der Waals surface area contributed by atoms with Crippen molar-refractivity contribution in [1.29, 1.82) is 0 Å². The van der Waals surface area contributed by atoms with Crippen LogP contribution in [0.4, 0.5) is 0 Å². The third-order valence-corrected chi connectivity index (χ3v) is 4.16. The maximum atomic E-state index is 11.5. The first kappa shape index (κ1) is 21.5. The molecule has 0 rings (SSSR count). The van der Waals surface area contributed by atoms with Gasteiger partial charge in [-0.15, -0.1) is 0 Å². The topological polar surface area (TPSA) is 46.2 Å². The summed E-state index contributed by atoms with van der Waals surface area (Å²) in [6.45, 7) is 6.52. The van der Waals surface area contributed by atoms with Crippen molar-refractivity contribution in [2.24, 2.45) is 5.92 Å². The van der Waals surface area contributed by atoms with Gasteiger partial charge >= 0.3 is 0 Å². The number of amides is 1. The average molecular weight is 330 g/mol. The Kier molecular flexibility index (Phi) is 13.8. The van der Waals surface area contributed by atoms with E-state index in [0.717, 1.165) is 25.8 Å². The second-order valence-corrected chi connectivity index (χ2v) is 7.29. The SMILES string of the molecule is CC(C)C(=O)CCCCCCCCCCCNC(=O)C(C)S. The van der Waals surface area contributed by atoms with Gasteiger partial charge in [0.1, 0.15) is 5.78 Å². The summed E-state index contributed by atoms with van der Waals surface area (Å²) in [5.74, 6) is 0.624. The first-order valence-corrected chi connectivity index (χ1v) is 9.45. The van der Waals surface area contributed by atoms with Gasteiger partial charge in [-0.2, -0.15) is 12.6 Å². The second-order valence-electron chi connectivity index (χ2n) is 6.52. The number of ketones is 1. The maximum absolute atomic E-state index is 11.5. The van der Waals surface area contributed by atoms with Crippen LogP contribution in [-0.2, 0) is 9.59 Å². The summed E-state index contributed by atoms with van der Waals surface area (Å²) in [4.78, 5) is 22.7. The minimum atomic E-state index is -0.212. The lowest BCUT2D eigenvalue weighted by Crippen LogP contribution is -2.30. The molecule has 1 amide bonds. The average Bonchev–Trinajstić information content (AvgIpc) is 2.47. The van der Waals surface area contributed by atoms with Gasteiger partial charge in [0.2, 0.25) is 5.91 Å². The van der Waals surface area contributed by atoms with Crippen LogP contribution in [0.25, 0.3) is 0 Å². The number of hydrogen-bond donors (Lipinski definition) is 2. The van der Waals surface area contributed by atoms with Crippen LogP contribution in [0.3, 0.4) is 0 Å². The summed E-state index contributed by atoms with van der Waals surface area (Å²) in [6.07, 6.45) is 11.6. The van der Waals surface area contributed by atoms with Gasteiger partial charge < -0.3 is 5.32 Å². The molecule has 0 aliphatic carbocycles. The van der Waals surface area contributed by atoms with Crippen LogP contribution >= 0.6 is 12.6 Å². The molecule has 1 atom stereocenters. The van der Waals surface area contributed by atoms with Crippen LogP contribution in [0.1, 0.15) is 85.0 Å². The molecule has 0 radical (unpaired) electrons. The highest BCUT2D eigenvalue weighted by Crippen LogP contribution is 2.11. The van der Waals surface area contributed by atoms with E-state index in [-0.39, 0.29) is 17.1 Å². The summed E-state index contributed by atoms with van der Waals surface area (Å²) in [7, 11) is 0. The number of thiol groups is 1. The van der Waals surface area contributed by atoms with Crippen molar-refractivity contribution < 1.29 is 9.59 Å². The first-order chi connectivity index (χ1) is 10.4. The fourth-order valence-electron chi connectivity index (χ4n) is 2.31. The summed E-state index contributed by atoms with van der Waals surface area (Å²) in [6, 6.07) is 0. The molecule has 0 spiro atoms. The largest absolute Gasteiger partial charge is 0.355 e. The number of carbonyl (C=O) groups excluding carboxylic acids is 2. The van der Waals surface area contributed by atoms with E-state index in [1.54, 1.807) is 6.92 Å². The third kappa shape index (κ3) is 13.2.